The molecule has 0 spiro atoms. The molecule has 0 bridgehead atoms. The lowest BCUT2D eigenvalue weighted by Gasteiger charge is -2.03. The normalized spacial score (nSPS) is 31.9. The SMILES string of the molecule is NC1CCCCCS1. The molecule has 0 amide bonds. The van der Waals surface area contributed by atoms with Gasteiger partial charge in [0.1, 0.15) is 0 Å². The Balaban J connectivity index is 2.17. The van der Waals surface area contributed by atoms with Gasteiger partial charge in [0.05, 0.1) is 5.37 Å². The molecule has 0 aromatic heterocycles. The molecule has 1 saturated heterocycles. The van der Waals surface area contributed by atoms with Crippen molar-refractivity contribution in [3.63, 3.8) is 0 Å². The summed E-state index contributed by atoms with van der Waals surface area (Å²) in [6.45, 7) is 0. The Morgan fingerprint density at radius 1 is 1.25 bits per heavy atom. The quantitative estimate of drug-likeness (QED) is 0.540. The van der Waals surface area contributed by atoms with Crippen molar-refractivity contribution in [3.8, 4) is 0 Å². The molecule has 2 heteroatoms. The zero-order valence-electron chi connectivity index (χ0n) is 5.10. The van der Waals surface area contributed by atoms with E-state index in [1.165, 1.54) is 31.4 Å². The third-order valence-corrected chi connectivity index (χ3v) is 2.65. The molecule has 1 aliphatic rings. The Labute approximate surface area is 55.0 Å². The fraction of sp³-hybridized carbons (Fsp3) is 1.00. The van der Waals surface area contributed by atoms with E-state index in [1.54, 1.807) is 0 Å². The first-order chi connectivity index (χ1) is 3.89. The third-order valence-electron chi connectivity index (χ3n) is 1.46. The zero-order chi connectivity index (χ0) is 5.82. The summed E-state index contributed by atoms with van der Waals surface area (Å²) in [7, 11) is 0. The summed E-state index contributed by atoms with van der Waals surface area (Å²) in [6.07, 6.45) is 5.33. The van der Waals surface area contributed by atoms with Gasteiger partial charge in [-0.05, 0) is 18.6 Å². The molecule has 1 heterocycles. The maximum atomic E-state index is 5.70. The highest BCUT2D eigenvalue weighted by atomic mass is 32.2. The molecule has 48 valence electrons. The lowest BCUT2D eigenvalue weighted by atomic mass is 10.2. The van der Waals surface area contributed by atoms with Crippen LogP contribution in [0.5, 0.6) is 0 Å². The largest absolute Gasteiger partial charge is 0.319 e. The molecule has 0 aliphatic carbocycles. The predicted octanol–water partition coefficient (Wildman–Crippen LogP) is 1.58. The molecule has 1 rings (SSSR count). The van der Waals surface area contributed by atoms with E-state index in [9.17, 15) is 0 Å². The first-order valence-corrected chi connectivity index (χ1v) is 4.31. The molecule has 8 heavy (non-hydrogen) atoms. The molecule has 0 radical (unpaired) electrons. The van der Waals surface area contributed by atoms with Gasteiger partial charge in [-0.3, -0.25) is 0 Å². The summed E-state index contributed by atoms with van der Waals surface area (Å²) in [5, 5.41) is 0.442. The first kappa shape index (κ1) is 6.43. The van der Waals surface area contributed by atoms with Gasteiger partial charge in [0.2, 0.25) is 0 Å². The van der Waals surface area contributed by atoms with E-state index in [1.807, 2.05) is 11.8 Å². The Hall–Kier alpha value is 0.310. The van der Waals surface area contributed by atoms with Crippen LogP contribution in [-0.4, -0.2) is 11.1 Å². The Morgan fingerprint density at radius 3 is 3.00 bits per heavy atom. The molecule has 1 aliphatic heterocycles. The molecule has 0 aromatic rings. The predicted molar refractivity (Wildman–Crippen MR) is 38.9 cm³/mol. The minimum atomic E-state index is 0.442. The van der Waals surface area contributed by atoms with Crippen molar-refractivity contribution in [2.45, 2.75) is 31.1 Å². The monoisotopic (exact) mass is 131 g/mol. The second-order valence-corrected chi connectivity index (χ2v) is 3.61. The number of hydrogen-bond donors (Lipinski definition) is 1. The van der Waals surface area contributed by atoms with E-state index in [0.29, 0.717) is 5.37 Å². The lowest BCUT2D eigenvalue weighted by Crippen LogP contribution is -2.13. The van der Waals surface area contributed by atoms with Crippen molar-refractivity contribution < 1.29 is 0 Å². The highest BCUT2D eigenvalue weighted by Crippen LogP contribution is 2.19. The topological polar surface area (TPSA) is 26.0 Å². The number of nitrogens with two attached hydrogens (primary N) is 1. The summed E-state index contributed by atoms with van der Waals surface area (Å²) in [4.78, 5) is 0. The van der Waals surface area contributed by atoms with Gasteiger partial charge in [0, 0.05) is 0 Å². The van der Waals surface area contributed by atoms with Gasteiger partial charge in [-0.25, -0.2) is 0 Å². The third kappa shape index (κ3) is 2.05. The van der Waals surface area contributed by atoms with E-state index in [2.05, 4.69) is 0 Å². The van der Waals surface area contributed by atoms with Gasteiger partial charge in [0.25, 0.3) is 0 Å². The lowest BCUT2D eigenvalue weighted by molar-refractivity contribution is 0.676. The highest BCUT2D eigenvalue weighted by Gasteiger charge is 2.05. The molecule has 0 aromatic carbocycles. The summed E-state index contributed by atoms with van der Waals surface area (Å²) >= 11 is 1.92. The Bertz CT molecular complexity index is 57.5. The van der Waals surface area contributed by atoms with Gasteiger partial charge in [-0.2, -0.15) is 0 Å². The first-order valence-electron chi connectivity index (χ1n) is 3.27. The number of thioether (sulfide) groups is 1. The van der Waals surface area contributed by atoms with Crippen LogP contribution in [0.25, 0.3) is 0 Å². The van der Waals surface area contributed by atoms with Crippen molar-refractivity contribution in [1.29, 1.82) is 0 Å². The Morgan fingerprint density at radius 2 is 2.12 bits per heavy atom. The van der Waals surface area contributed by atoms with Gasteiger partial charge >= 0.3 is 0 Å². The summed E-state index contributed by atoms with van der Waals surface area (Å²) in [5.74, 6) is 1.28. The van der Waals surface area contributed by atoms with Crippen LogP contribution in [0.1, 0.15) is 25.7 Å². The number of hydrogen-bond acceptors (Lipinski definition) is 2. The van der Waals surface area contributed by atoms with Crippen molar-refractivity contribution >= 4 is 11.8 Å². The summed E-state index contributed by atoms with van der Waals surface area (Å²) in [6, 6.07) is 0. The average Bonchev–Trinajstić information content (AvgIpc) is 1.94. The van der Waals surface area contributed by atoms with Gasteiger partial charge in [-0.1, -0.05) is 12.8 Å². The minimum Gasteiger partial charge on any atom is -0.319 e. The van der Waals surface area contributed by atoms with Crippen LogP contribution in [-0.2, 0) is 0 Å². The molecule has 1 fully saturated rings. The van der Waals surface area contributed by atoms with Gasteiger partial charge in [0.15, 0.2) is 0 Å². The molecule has 1 unspecified atom stereocenters. The fourth-order valence-corrected chi connectivity index (χ4v) is 1.95. The average molecular weight is 131 g/mol. The maximum absolute atomic E-state index is 5.70. The minimum absolute atomic E-state index is 0.442. The van der Waals surface area contributed by atoms with Crippen LogP contribution in [0.2, 0.25) is 0 Å². The van der Waals surface area contributed by atoms with E-state index >= 15 is 0 Å². The van der Waals surface area contributed by atoms with Crippen LogP contribution < -0.4 is 5.73 Å². The molecule has 2 N–H and O–H groups in total. The molecular weight excluding hydrogens is 118 g/mol. The second-order valence-electron chi connectivity index (χ2n) is 2.26. The van der Waals surface area contributed by atoms with Crippen LogP contribution in [0.15, 0.2) is 0 Å². The van der Waals surface area contributed by atoms with E-state index in [-0.39, 0.29) is 0 Å². The van der Waals surface area contributed by atoms with Crippen LogP contribution in [0.3, 0.4) is 0 Å². The van der Waals surface area contributed by atoms with Crippen molar-refractivity contribution in [2.75, 3.05) is 5.75 Å². The van der Waals surface area contributed by atoms with Crippen LogP contribution in [0.4, 0.5) is 0 Å². The molecule has 1 atom stereocenters. The fourth-order valence-electron chi connectivity index (χ4n) is 0.942. The molecule has 1 nitrogen and oxygen atoms in total. The highest BCUT2D eigenvalue weighted by molar-refractivity contribution is 7.99. The van der Waals surface area contributed by atoms with Crippen molar-refractivity contribution in [2.24, 2.45) is 5.73 Å². The molecular formula is C6H13NS. The van der Waals surface area contributed by atoms with E-state index in [0.717, 1.165) is 0 Å². The van der Waals surface area contributed by atoms with Crippen molar-refractivity contribution in [1.82, 2.24) is 0 Å². The zero-order valence-corrected chi connectivity index (χ0v) is 5.91. The summed E-state index contributed by atoms with van der Waals surface area (Å²) in [5.41, 5.74) is 5.70. The number of rotatable bonds is 0. The second kappa shape index (κ2) is 3.36. The smallest absolute Gasteiger partial charge is 0.0507 e. The van der Waals surface area contributed by atoms with E-state index < -0.39 is 0 Å². The standard InChI is InChI=1S/C6H13NS/c7-6-4-2-1-3-5-8-6/h6H,1-5,7H2. The summed E-state index contributed by atoms with van der Waals surface area (Å²) < 4.78 is 0. The molecule has 0 saturated carbocycles. The van der Waals surface area contributed by atoms with Crippen molar-refractivity contribution in [3.05, 3.63) is 0 Å². The van der Waals surface area contributed by atoms with Crippen LogP contribution in [0, 0.1) is 0 Å². The van der Waals surface area contributed by atoms with Crippen LogP contribution >= 0.6 is 11.8 Å². The Kier molecular flexibility index (Phi) is 2.70. The van der Waals surface area contributed by atoms with E-state index in [4.69, 9.17) is 5.73 Å². The van der Waals surface area contributed by atoms with Gasteiger partial charge in [-0.15, -0.1) is 11.8 Å². The van der Waals surface area contributed by atoms with Gasteiger partial charge < -0.3 is 5.73 Å². The maximum Gasteiger partial charge on any atom is 0.0507 e.